The van der Waals surface area contributed by atoms with Gasteiger partial charge in [0.1, 0.15) is 5.60 Å². The smallest absolute Gasteiger partial charge is 0.444 e. The molecule has 1 saturated heterocycles. The molecule has 0 spiro atoms. The van der Waals surface area contributed by atoms with Crippen LogP contribution in [-0.4, -0.2) is 47.9 Å². The van der Waals surface area contributed by atoms with Crippen LogP contribution in [0.4, 0.5) is 4.79 Å². The lowest BCUT2D eigenvalue weighted by atomic mass is 9.75. The topological polar surface area (TPSA) is 48.0 Å². The van der Waals surface area contributed by atoms with Gasteiger partial charge in [0.05, 0.1) is 15.3 Å². The van der Waals surface area contributed by atoms with Crippen molar-refractivity contribution in [1.82, 2.24) is 4.90 Å². The summed E-state index contributed by atoms with van der Waals surface area (Å²) in [7, 11) is -1.49. The van der Waals surface area contributed by atoms with Gasteiger partial charge in [0.15, 0.2) is 0 Å². The van der Waals surface area contributed by atoms with E-state index in [0.717, 1.165) is 0 Å². The number of nitrogens with zero attached hydrogens (tertiary/aromatic N) is 1. The monoisotopic (exact) mass is 316 g/mol. The van der Waals surface area contributed by atoms with Crippen molar-refractivity contribution in [2.45, 2.75) is 71.6 Å². The molecule has 1 amide bonds. The normalized spacial score (nSPS) is 36.2. The van der Waals surface area contributed by atoms with Gasteiger partial charge >= 0.3 is 13.2 Å². The van der Waals surface area contributed by atoms with Crippen LogP contribution >= 0.6 is 0 Å². The van der Waals surface area contributed by atoms with Crippen LogP contribution in [0, 0.1) is 0 Å². The average Bonchev–Trinajstić information content (AvgIpc) is 2.62. The van der Waals surface area contributed by atoms with Crippen LogP contribution in [0.15, 0.2) is 11.5 Å². The summed E-state index contributed by atoms with van der Waals surface area (Å²) in [6, 6.07) is -0.943. The van der Waals surface area contributed by atoms with Gasteiger partial charge in [-0.2, -0.15) is 0 Å². The summed E-state index contributed by atoms with van der Waals surface area (Å²) in [5.41, 5.74) is -3.54. The molecule has 5 nitrogen and oxygen atoms in total. The van der Waals surface area contributed by atoms with E-state index >= 15 is 0 Å². The van der Waals surface area contributed by atoms with Gasteiger partial charge in [-0.25, -0.2) is 4.79 Å². The maximum atomic E-state index is 12.6. The molecule has 2 aliphatic heterocycles. The Morgan fingerprint density at radius 1 is 1.36 bits per heavy atom. The van der Waals surface area contributed by atoms with Gasteiger partial charge in [-0.1, -0.05) is 6.05 Å². The molecule has 0 aliphatic carbocycles. The average molecular weight is 316 g/mol. The van der Waals surface area contributed by atoms with Crippen molar-refractivity contribution >= 4 is 13.2 Å². The van der Waals surface area contributed by atoms with Crippen LogP contribution < -0.4 is 0 Å². The van der Waals surface area contributed by atoms with Crippen LogP contribution in [0.2, 0.25) is 0 Å². The highest BCUT2D eigenvalue weighted by Gasteiger charge is 2.52. The molecule has 0 radical (unpaired) electrons. The second-order valence-corrected chi connectivity index (χ2v) is 7.29. The number of rotatable bonds is 1. The fraction of sp³-hybridized carbons (Fsp3) is 0.812. The zero-order valence-electron chi connectivity index (χ0n) is 21.2. The molecular formula is C16H28BNO4. The van der Waals surface area contributed by atoms with Gasteiger partial charge in [0.2, 0.25) is 0 Å². The lowest BCUT2D eigenvalue weighted by Crippen LogP contribution is -2.41. The van der Waals surface area contributed by atoms with Gasteiger partial charge < -0.3 is 18.9 Å². The van der Waals surface area contributed by atoms with Crippen LogP contribution in [0.25, 0.3) is 0 Å². The number of amides is 1. The lowest BCUT2D eigenvalue weighted by molar-refractivity contribution is 0.00578. The molecule has 0 aromatic carbocycles. The summed E-state index contributed by atoms with van der Waals surface area (Å²) in [6.45, 7) is 5.15. The largest absolute Gasteiger partial charge is 0.490 e. The van der Waals surface area contributed by atoms with Crippen LogP contribution in [0.3, 0.4) is 0 Å². The van der Waals surface area contributed by atoms with E-state index in [4.69, 9.17) is 23.6 Å². The maximum absolute atomic E-state index is 12.6. The predicted octanol–water partition coefficient (Wildman–Crippen LogP) is 3.19. The summed E-state index contributed by atoms with van der Waals surface area (Å²) < 4.78 is 74.9. The third kappa shape index (κ3) is 3.66. The lowest BCUT2D eigenvalue weighted by Gasteiger charge is -2.32. The fourth-order valence-electron chi connectivity index (χ4n) is 1.77. The maximum Gasteiger partial charge on any atom is 0.490 e. The molecule has 2 heterocycles. The van der Waals surface area contributed by atoms with Gasteiger partial charge in [0, 0.05) is 18.5 Å². The van der Waals surface area contributed by atoms with Crippen LogP contribution in [0.5, 0.6) is 0 Å². The van der Waals surface area contributed by atoms with E-state index in [1.165, 1.54) is 20.8 Å². The fourth-order valence-corrected chi connectivity index (χ4v) is 1.77. The Balaban J connectivity index is 2.64. The minimum atomic E-state index is -3.19. The Morgan fingerprint density at radius 3 is 2.41 bits per heavy atom. The minimum Gasteiger partial charge on any atom is -0.444 e. The Hall–Kier alpha value is -1.01. The number of carbonyl (C=O) groups excluding carboxylic acids is 1. The molecule has 0 N–H and O–H groups in total. The first-order chi connectivity index (χ1) is 12.6. The van der Waals surface area contributed by atoms with Crippen molar-refractivity contribution < 1.29 is 28.4 Å². The Kier molecular flexibility index (Phi) is 2.53. The molecule has 1 fully saturated rings. The number of carbonyl (C=O) groups is 1. The second-order valence-electron chi connectivity index (χ2n) is 7.29. The van der Waals surface area contributed by atoms with Gasteiger partial charge in [0.25, 0.3) is 0 Å². The van der Waals surface area contributed by atoms with E-state index < -0.39 is 60.9 Å². The van der Waals surface area contributed by atoms with E-state index in [9.17, 15) is 4.79 Å². The van der Waals surface area contributed by atoms with Gasteiger partial charge in [-0.15, -0.1) is 0 Å². The van der Waals surface area contributed by atoms with E-state index in [2.05, 4.69) is 0 Å². The standard InChI is InChI=1S/C16H28BNO4/c1-14(2,3)20-13(19)18-10-8-12(9-11-18)17-21-15(4,5)16(6,7)22-17/h8H,9-11H2,1-7H3/i8D,9D2,10D2,11D2. The first-order valence-corrected chi connectivity index (χ1v) is 7.20. The zero-order chi connectivity index (χ0) is 23.0. The van der Waals surface area contributed by atoms with Gasteiger partial charge in [-0.3, -0.25) is 0 Å². The summed E-state index contributed by atoms with van der Waals surface area (Å²) >= 11 is 0. The SMILES string of the molecule is [2H]C1=C(B2OC(C)(C)C(C)(C)O2)C([2H])([2H])C([2H])([2H])N(C(=O)OC(C)(C)C)C1([2H])[2H]. The first-order valence-electron chi connectivity index (χ1n) is 10.7. The van der Waals surface area contributed by atoms with Crippen molar-refractivity contribution in [2.24, 2.45) is 0 Å². The van der Waals surface area contributed by atoms with E-state index in [-0.39, 0.29) is 4.90 Å². The predicted molar refractivity (Wildman–Crippen MR) is 86.6 cm³/mol. The van der Waals surface area contributed by atoms with Crippen molar-refractivity contribution in [3.05, 3.63) is 11.5 Å². The number of hydrogen-bond acceptors (Lipinski definition) is 4. The highest BCUT2D eigenvalue weighted by molar-refractivity contribution is 6.54. The third-order valence-corrected chi connectivity index (χ3v) is 3.67. The molecule has 0 aromatic heterocycles. The van der Waals surface area contributed by atoms with Crippen LogP contribution in [0.1, 0.15) is 64.4 Å². The third-order valence-electron chi connectivity index (χ3n) is 3.67. The summed E-state index contributed by atoms with van der Waals surface area (Å²) in [6.07, 6.45) is -4.40. The Morgan fingerprint density at radius 2 is 1.91 bits per heavy atom. The molecule has 2 aliphatic rings. The van der Waals surface area contributed by atoms with E-state index in [0.29, 0.717) is 0 Å². The van der Waals surface area contributed by atoms with Crippen molar-refractivity contribution in [3.63, 3.8) is 0 Å². The molecule has 0 atom stereocenters. The van der Waals surface area contributed by atoms with Crippen LogP contribution in [-0.2, 0) is 14.0 Å². The molecule has 0 aromatic rings. The molecule has 124 valence electrons. The zero-order valence-corrected chi connectivity index (χ0v) is 14.2. The highest BCUT2D eigenvalue weighted by Crippen LogP contribution is 2.39. The second kappa shape index (κ2) is 5.57. The first kappa shape index (κ1) is 9.98. The quantitative estimate of drug-likeness (QED) is 0.697. The Labute approximate surface area is 144 Å². The molecular weight excluding hydrogens is 281 g/mol. The van der Waals surface area contributed by atoms with E-state index in [1.54, 1.807) is 27.7 Å². The van der Waals surface area contributed by atoms with Crippen molar-refractivity contribution in [2.75, 3.05) is 13.0 Å². The van der Waals surface area contributed by atoms with E-state index in [1.807, 2.05) is 0 Å². The number of hydrogen-bond donors (Lipinski definition) is 0. The molecule has 22 heavy (non-hydrogen) atoms. The molecule has 0 saturated carbocycles. The van der Waals surface area contributed by atoms with Crippen molar-refractivity contribution in [1.29, 1.82) is 0 Å². The highest BCUT2D eigenvalue weighted by atomic mass is 16.7. The summed E-state index contributed by atoms with van der Waals surface area (Å²) in [5.74, 6) is 0. The van der Waals surface area contributed by atoms with Gasteiger partial charge in [-0.05, 0) is 60.3 Å². The molecule has 0 unspecified atom stereocenters. The molecule has 0 bridgehead atoms. The Bertz CT molecular complexity index is 730. The molecule has 6 heteroatoms. The number of ether oxygens (including phenoxy) is 1. The summed E-state index contributed by atoms with van der Waals surface area (Å²) in [4.78, 5) is 12.6. The minimum absolute atomic E-state index is 0.00230. The van der Waals surface area contributed by atoms with Crippen molar-refractivity contribution in [3.8, 4) is 0 Å². The summed E-state index contributed by atoms with van der Waals surface area (Å²) in [5, 5.41) is 0. The molecule has 2 rings (SSSR count).